The van der Waals surface area contributed by atoms with Crippen molar-refractivity contribution in [2.24, 2.45) is 10.8 Å². The van der Waals surface area contributed by atoms with E-state index in [1.165, 1.54) is 18.2 Å². The van der Waals surface area contributed by atoms with Gasteiger partial charge in [0.1, 0.15) is 17.2 Å². The summed E-state index contributed by atoms with van der Waals surface area (Å²) in [6.07, 6.45) is 18.9. The second-order valence-electron chi connectivity index (χ2n) is 10.6. The minimum Gasteiger partial charge on any atom is -0.871 e. The Labute approximate surface area is 226 Å². The number of nitrogens with zero attached hydrogens (tertiary/aromatic N) is 2. The highest BCUT2D eigenvalue weighted by Gasteiger charge is 2.41. The van der Waals surface area contributed by atoms with Gasteiger partial charge in [-0.1, -0.05) is 50.0 Å². The fraction of sp³-hybridized carbons (Fsp3) is 0.333. The fourth-order valence-corrected chi connectivity index (χ4v) is 5.43. The maximum absolute atomic E-state index is 13.1. The number of Topliss-reactive ketones (excluding diaryl/α,β-unsaturated/α-hetero) is 1. The normalized spacial score (nSPS) is 24.2. The van der Waals surface area contributed by atoms with Crippen molar-refractivity contribution in [2.75, 3.05) is 14.1 Å². The predicted octanol–water partition coefficient (Wildman–Crippen LogP) is 3.99. The summed E-state index contributed by atoms with van der Waals surface area (Å²) in [6, 6.07) is 0. The maximum atomic E-state index is 13.1. The lowest BCUT2D eigenvalue weighted by Crippen LogP contribution is -2.33. The van der Waals surface area contributed by atoms with Crippen molar-refractivity contribution < 1.29 is 27.4 Å². The summed E-state index contributed by atoms with van der Waals surface area (Å²) in [7, 11) is -1.03. The van der Waals surface area contributed by atoms with E-state index in [1.54, 1.807) is 37.2 Å². The van der Waals surface area contributed by atoms with Crippen LogP contribution in [0.25, 0.3) is 0 Å². The van der Waals surface area contributed by atoms with E-state index in [2.05, 4.69) is 13.8 Å². The van der Waals surface area contributed by atoms with Gasteiger partial charge in [-0.25, -0.2) is 13.0 Å². The fourth-order valence-electron chi connectivity index (χ4n) is 4.85. The first-order chi connectivity index (χ1) is 17.6. The molecule has 0 saturated carbocycles. The van der Waals surface area contributed by atoms with E-state index in [0.29, 0.717) is 11.3 Å². The molecule has 0 unspecified atom stereocenters. The topological polar surface area (TPSA) is 104 Å². The van der Waals surface area contributed by atoms with Crippen molar-refractivity contribution >= 4 is 21.6 Å². The van der Waals surface area contributed by atoms with Gasteiger partial charge in [0, 0.05) is 47.2 Å². The third kappa shape index (κ3) is 5.24. The Balaban J connectivity index is 1.96. The number of ketones is 1. The van der Waals surface area contributed by atoms with Crippen LogP contribution in [0.3, 0.4) is 0 Å². The second kappa shape index (κ2) is 10.3. The Morgan fingerprint density at radius 2 is 1.68 bits per heavy atom. The zero-order valence-electron chi connectivity index (χ0n) is 23.2. The van der Waals surface area contributed by atoms with Crippen molar-refractivity contribution in [3.05, 3.63) is 106 Å². The summed E-state index contributed by atoms with van der Waals surface area (Å²) in [5.74, 6) is -0.663. The van der Waals surface area contributed by atoms with Gasteiger partial charge in [0.25, 0.3) is 0 Å². The van der Waals surface area contributed by atoms with Gasteiger partial charge in [0.2, 0.25) is 0 Å². The zero-order chi connectivity index (χ0) is 28.6. The Hall–Kier alpha value is -3.49. The summed E-state index contributed by atoms with van der Waals surface area (Å²) in [5, 5.41) is 13.1. The molecule has 2 aliphatic heterocycles. The van der Waals surface area contributed by atoms with Gasteiger partial charge < -0.3 is 14.6 Å². The minimum atomic E-state index is -4.67. The molecular formula is C30H35N2O5S-. The van der Waals surface area contributed by atoms with Crippen molar-refractivity contribution in [3.8, 4) is 0 Å². The van der Waals surface area contributed by atoms with Crippen molar-refractivity contribution in [1.29, 1.82) is 0 Å². The molecule has 0 aromatic rings. The van der Waals surface area contributed by atoms with E-state index >= 15 is 0 Å². The largest absolute Gasteiger partial charge is 0.871 e. The molecule has 8 heteroatoms. The number of carbonyl (C=O) groups excluding carboxylic acids is 1. The van der Waals surface area contributed by atoms with Crippen LogP contribution in [0, 0.1) is 10.8 Å². The summed E-state index contributed by atoms with van der Waals surface area (Å²) < 4.78 is 37.0. The van der Waals surface area contributed by atoms with Gasteiger partial charge in [-0.05, 0) is 51.5 Å². The highest BCUT2D eigenvalue weighted by Crippen LogP contribution is 2.45. The molecule has 0 N–H and O–H groups in total. The summed E-state index contributed by atoms with van der Waals surface area (Å²) in [6.45, 7) is 11.4. The van der Waals surface area contributed by atoms with Crippen LogP contribution in [0.15, 0.2) is 106 Å². The molecule has 3 rings (SSSR count). The number of hydrogen-bond donors (Lipinski definition) is 0. The van der Waals surface area contributed by atoms with Crippen LogP contribution < -0.4 is 5.11 Å². The molecule has 202 valence electrons. The number of allylic oxidation sites excluding steroid dienone is 13. The maximum Gasteiger partial charge on any atom is 0.192 e. The van der Waals surface area contributed by atoms with Crippen LogP contribution in [0.2, 0.25) is 0 Å². The van der Waals surface area contributed by atoms with Crippen LogP contribution in [0.4, 0.5) is 0 Å². The van der Waals surface area contributed by atoms with Gasteiger partial charge in [0.15, 0.2) is 17.7 Å². The lowest BCUT2D eigenvalue weighted by atomic mass is 9.77. The first-order valence-corrected chi connectivity index (χ1v) is 13.8. The molecule has 38 heavy (non-hydrogen) atoms. The van der Waals surface area contributed by atoms with E-state index in [9.17, 15) is 22.9 Å². The summed E-state index contributed by atoms with van der Waals surface area (Å²) in [5.41, 5.74) is 2.21. The van der Waals surface area contributed by atoms with E-state index in [0.717, 1.165) is 11.3 Å². The molecule has 0 aromatic heterocycles. The molecular weight excluding hydrogens is 500 g/mol. The molecule has 7 nitrogen and oxygen atoms in total. The summed E-state index contributed by atoms with van der Waals surface area (Å²) >= 11 is 0. The minimum absolute atomic E-state index is 0.0788. The number of rotatable bonds is 7. The highest BCUT2D eigenvalue weighted by atomic mass is 32.2. The van der Waals surface area contributed by atoms with Crippen LogP contribution in [0.5, 0.6) is 0 Å². The van der Waals surface area contributed by atoms with E-state index in [4.69, 9.17) is 0 Å². The molecule has 2 heterocycles. The third-order valence-electron chi connectivity index (χ3n) is 7.19. The van der Waals surface area contributed by atoms with Gasteiger partial charge in [-0.15, -0.1) is 0 Å². The smallest absolute Gasteiger partial charge is 0.192 e. The average Bonchev–Trinajstić information content (AvgIpc) is 3.16. The monoisotopic (exact) mass is 535 g/mol. The molecule has 0 saturated heterocycles. The van der Waals surface area contributed by atoms with Gasteiger partial charge in [-0.3, -0.25) is 4.79 Å². The third-order valence-corrected chi connectivity index (χ3v) is 8.02. The van der Waals surface area contributed by atoms with Crippen LogP contribution in [-0.4, -0.2) is 48.0 Å². The van der Waals surface area contributed by atoms with Gasteiger partial charge in [-0.2, -0.15) is 0 Å². The standard InChI is InChI=1S/C30H36N2O5S/c1-9-11-12-14-20-18-31(7)25(29(20,3)4)16-23-27(33)24(28(23)34)17-26-30(5,6)21(19-32(26)8)15-22(13-10-2)38(35,36)37/h9-19H,1-8H3,(H-,33,34,35,36,37)/p-1/b11-9-,13-10-,14-12-,22-15+. The van der Waals surface area contributed by atoms with Crippen LogP contribution in [-0.2, 0) is 14.9 Å². The van der Waals surface area contributed by atoms with Crippen molar-refractivity contribution in [1.82, 2.24) is 4.90 Å². The highest BCUT2D eigenvalue weighted by molar-refractivity contribution is 7.89. The lowest BCUT2D eigenvalue weighted by Gasteiger charge is -2.32. The predicted molar refractivity (Wildman–Crippen MR) is 147 cm³/mol. The van der Waals surface area contributed by atoms with Crippen LogP contribution in [0.1, 0.15) is 41.5 Å². The molecule has 0 spiro atoms. The second-order valence-corrected chi connectivity index (χ2v) is 12.0. The first kappa shape index (κ1) is 29.1. The molecule has 0 bridgehead atoms. The van der Waals surface area contributed by atoms with Crippen molar-refractivity contribution in [2.45, 2.75) is 41.5 Å². The zero-order valence-corrected chi connectivity index (χ0v) is 24.0. The van der Waals surface area contributed by atoms with E-state index in [-0.39, 0.29) is 33.0 Å². The van der Waals surface area contributed by atoms with Crippen LogP contribution >= 0.6 is 0 Å². The Kier molecular flexibility index (Phi) is 7.91. The molecule has 0 amide bonds. The molecule has 0 fully saturated rings. The molecule has 3 aliphatic rings. The number of hydrogen-bond acceptors (Lipinski definition) is 6. The molecule has 0 radical (unpaired) electrons. The van der Waals surface area contributed by atoms with E-state index < -0.39 is 15.5 Å². The SMILES string of the molecule is C/C=C\C=C/C1=C[N+](C)=C(C=C2C(=O)C(C=C3N(C)C=C(/C=C(\C=C/C)S(=O)(=O)[O-])C3(C)C)=C2[O-])C1(C)C. The lowest BCUT2D eigenvalue weighted by molar-refractivity contribution is -0.419. The van der Waals surface area contributed by atoms with E-state index in [1.807, 2.05) is 62.9 Å². The summed E-state index contributed by atoms with van der Waals surface area (Å²) in [4.78, 5) is 14.5. The Bertz CT molecular complexity index is 1480. The van der Waals surface area contributed by atoms with Gasteiger partial charge in [0.05, 0.1) is 10.3 Å². The quantitative estimate of drug-likeness (QED) is 0.211. The molecule has 1 aliphatic carbocycles. The first-order valence-electron chi connectivity index (χ1n) is 12.3. The average molecular weight is 536 g/mol. The Morgan fingerprint density at radius 1 is 1.03 bits per heavy atom. The van der Waals surface area contributed by atoms with Crippen molar-refractivity contribution in [3.63, 3.8) is 0 Å². The molecule has 0 aromatic carbocycles. The molecule has 0 atom stereocenters. The number of carbonyl (C=O) groups is 1. The van der Waals surface area contributed by atoms with Gasteiger partial charge >= 0.3 is 0 Å². The Morgan fingerprint density at radius 3 is 2.24 bits per heavy atom.